The van der Waals surface area contributed by atoms with Gasteiger partial charge in [0.15, 0.2) is 11.5 Å². The first-order chi connectivity index (χ1) is 12.5. The third-order valence-corrected chi connectivity index (χ3v) is 5.09. The molecule has 2 unspecified atom stereocenters. The van der Waals surface area contributed by atoms with Gasteiger partial charge in [0, 0.05) is 19.1 Å². The van der Waals surface area contributed by atoms with Crippen molar-refractivity contribution in [2.45, 2.75) is 51.8 Å². The lowest BCUT2D eigenvalue weighted by atomic mass is 10.0. The van der Waals surface area contributed by atoms with E-state index in [4.69, 9.17) is 9.47 Å². The van der Waals surface area contributed by atoms with Gasteiger partial charge in [-0.1, -0.05) is 6.07 Å². The number of rotatable bonds is 6. The van der Waals surface area contributed by atoms with Crippen LogP contribution in [0.4, 0.5) is 0 Å². The van der Waals surface area contributed by atoms with Crippen molar-refractivity contribution in [2.75, 3.05) is 32.8 Å². The van der Waals surface area contributed by atoms with Gasteiger partial charge in [-0.3, -0.25) is 9.69 Å². The normalized spacial score (nSPS) is 20.7. The molecule has 0 radical (unpaired) electrons. The zero-order chi connectivity index (χ0) is 18.7. The minimum Gasteiger partial charge on any atom is -0.486 e. The molecule has 2 atom stereocenters. The Bertz CT molecular complexity index is 632. The Balaban J connectivity index is 1.72. The van der Waals surface area contributed by atoms with Crippen molar-refractivity contribution < 1.29 is 19.4 Å². The predicted molar refractivity (Wildman–Crippen MR) is 99.5 cm³/mol. The fourth-order valence-corrected chi connectivity index (χ4v) is 3.74. The Kier molecular flexibility index (Phi) is 6.04. The molecule has 144 valence electrons. The topological polar surface area (TPSA) is 62.2 Å². The number of carbonyl (C=O) groups is 1. The van der Waals surface area contributed by atoms with Gasteiger partial charge in [-0.25, -0.2) is 0 Å². The van der Waals surface area contributed by atoms with Crippen molar-refractivity contribution >= 4 is 5.91 Å². The molecule has 1 fully saturated rings. The lowest BCUT2D eigenvalue weighted by molar-refractivity contribution is -0.134. The fourth-order valence-electron chi connectivity index (χ4n) is 3.74. The molecular weight excluding hydrogens is 332 g/mol. The molecule has 0 aromatic heterocycles. The Hall–Kier alpha value is -1.79. The number of nitrogens with zero attached hydrogens (tertiary/aromatic N) is 2. The molecule has 6 heteroatoms. The minimum absolute atomic E-state index is 0.0823. The maximum atomic E-state index is 13.0. The van der Waals surface area contributed by atoms with E-state index in [1.165, 1.54) is 0 Å². The van der Waals surface area contributed by atoms with Crippen LogP contribution in [0.3, 0.4) is 0 Å². The number of likely N-dealkylation sites (tertiary alicyclic amines) is 1. The van der Waals surface area contributed by atoms with Crippen molar-refractivity contribution in [3.05, 3.63) is 23.8 Å². The molecule has 1 saturated heterocycles. The summed E-state index contributed by atoms with van der Waals surface area (Å²) in [6.45, 7) is 8.62. The molecule has 0 saturated carbocycles. The second-order valence-corrected chi connectivity index (χ2v) is 7.52. The molecule has 0 spiro atoms. The van der Waals surface area contributed by atoms with Crippen LogP contribution in [0, 0.1) is 0 Å². The van der Waals surface area contributed by atoms with Gasteiger partial charge in [-0.05, 0) is 51.3 Å². The monoisotopic (exact) mass is 362 g/mol. The van der Waals surface area contributed by atoms with Crippen LogP contribution >= 0.6 is 0 Å². The summed E-state index contributed by atoms with van der Waals surface area (Å²) in [6, 6.07) is 6.29. The number of aliphatic hydroxyl groups excluding tert-OH is 1. The zero-order valence-electron chi connectivity index (χ0n) is 16.0. The lowest BCUT2D eigenvalue weighted by Gasteiger charge is -2.32. The van der Waals surface area contributed by atoms with Crippen LogP contribution in [-0.4, -0.2) is 65.8 Å². The predicted octanol–water partition coefficient (Wildman–Crippen LogP) is 2.21. The van der Waals surface area contributed by atoms with Gasteiger partial charge in [0.2, 0.25) is 5.91 Å². The summed E-state index contributed by atoms with van der Waals surface area (Å²) in [5.41, 5.74) is 1.10. The van der Waals surface area contributed by atoms with Gasteiger partial charge in [-0.15, -0.1) is 0 Å². The highest BCUT2D eigenvalue weighted by Gasteiger charge is 2.32. The zero-order valence-corrected chi connectivity index (χ0v) is 16.0. The Morgan fingerprint density at radius 3 is 2.69 bits per heavy atom. The number of carbonyl (C=O) groups excluding carboxylic acids is 1. The van der Waals surface area contributed by atoms with Crippen LogP contribution in [0.2, 0.25) is 0 Å². The number of aliphatic hydroxyl groups is 1. The van der Waals surface area contributed by atoms with Crippen LogP contribution in [0.15, 0.2) is 18.2 Å². The molecule has 3 rings (SSSR count). The molecule has 1 aromatic carbocycles. The Morgan fingerprint density at radius 2 is 2.00 bits per heavy atom. The third-order valence-electron chi connectivity index (χ3n) is 5.09. The largest absolute Gasteiger partial charge is 0.486 e. The van der Waals surface area contributed by atoms with Crippen LogP contribution in [0.5, 0.6) is 11.5 Å². The Morgan fingerprint density at radius 1 is 1.27 bits per heavy atom. The van der Waals surface area contributed by atoms with E-state index in [9.17, 15) is 9.90 Å². The summed E-state index contributed by atoms with van der Waals surface area (Å²) >= 11 is 0. The molecule has 0 bridgehead atoms. The van der Waals surface area contributed by atoms with Gasteiger partial charge in [0.05, 0.1) is 18.7 Å². The van der Waals surface area contributed by atoms with Crippen molar-refractivity contribution in [1.82, 2.24) is 9.80 Å². The Labute approximate surface area is 155 Å². The van der Waals surface area contributed by atoms with Crippen molar-refractivity contribution in [2.24, 2.45) is 0 Å². The highest BCUT2D eigenvalue weighted by molar-refractivity contribution is 5.79. The third kappa shape index (κ3) is 4.30. The molecule has 1 amide bonds. The maximum Gasteiger partial charge on any atom is 0.237 e. The molecule has 2 aliphatic rings. The molecule has 1 N–H and O–H groups in total. The standard InChI is InChI=1S/C20H30N2O4/c1-14(2)21(12-15(3)23)13-20(24)22-8-4-5-17(22)16-6-7-18-19(11-16)26-10-9-25-18/h6-7,11,14-15,17,23H,4-5,8-10,12-13H2,1-3H3. The van der Waals surface area contributed by atoms with E-state index in [-0.39, 0.29) is 18.0 Å². The van der Waals surface area contributed by atoms with Gasteiger partial charge in [-0.2, -0.15) is 0 Å². The fraction of sp³-hybridized carbons (Fsp3) is 0.650. The molecular formula is C20H30N2O4. The van der Waals surface area contributed by atoms with E-state index in [1.807, 2.05) is 28.0 Å². The molecule has 0 aliphatic carbocycles. The van der Waals surface area contributed by atoms with Crippen LogP contribution < -0.4 is 9.47 Å². The second-order valence-electron chi connectivity index (χ2n) is 7.52. The van der Waals surface area contributed by atoms with E-state index in [0.29, 0.717) is 26.3 Å². The van der Waals surface area contributed by atoms with E-state index in [2.05, 4.69) is 13.8 Å². The van der Waals surface area contributed by atoms with Crippen LogP contribution in [0.1, 0.15) is 45.2 Å². The van der Waals surface area contributed by atoms with Crippen LogP contribution in [-0.2, 0) is 4.79 Å². The maximum absolute atomic E-state index is 13.0. The second kappa shape index (κ2) is 8.27. The summed E-state index contributed by atoms with van der Waals surface area (Å²) in [7, 11) is 0. The summed E-state index contributed by atoms with van der Waals surface area (Å²) < 4.78 is 11.3. The first kappa shape index (κ1) is 19.0. The average Bonchev–Trinajstić information content (AvgIpc) is 3.10. The first-order valence-corrected chi connectivity index (χ1v) is 9.57. The van der Waals surface area contributed by atoms with E-state index >= 15 is 0 Å². The molecule has 2 heterocycles. The smallest absolute Gasteiger partial charge is 0.237 e. The minimum atomic E-state index is -0.447. The van der Waals surface area contributed by atoms with Crippen molar-refractivity contribution in [3.8, 4) is 11.5 Å². The lowest BCUT2D eigenvalue weighted by Crippen LogP contribution is -2.45. The van der Waals surface area contributed by atoms with Gasteiger partial charge in [0.1, 0.15) is 13.2 Å². The average molecular weight is 362 g/mol. The summed E-state index contributed by atoms with van der Waals surface area (Å²) in [4.78, 5) is 17.0. The summed E-state index contributed by atoms with van der Waals surface area (Å²) in [5, 5.41) is 9.70. The van der Waals surface area contributed by atoms with E-state index in [1.54, 1.807) is 6.92 Å². The quantitative estimate of drug-likeness (QED) is 0.841. The van der Waals surface area contributed by atoms with Gasteiger partial charge < -0.3 is 19.5 Å². The van der Waals surface area contributed by atoms with Crippen molar-refractivity contribution in [3.63, 3.8) is 0 Å². The van der Waals surface area contributed by atoms with Crippen LogP contribution in [0.25, 0.3) is 0 Å². The van der Waals surface area contributed by atoms with E-state index in [0.717, 1.165) is 36.4 Å². The molecule has 26 heavy (non-hydrogen) atoms. The van der Waals surface area contributed by atoms with Crippen molar-refractivity contribution in [1.29, 1.82) is 0 Å². The summed E-state index contributed by atoms with van der Waals surface area (Å²) in [6.07, 6.45) is 1.52. The first-order valence-electron chi connectivity index (χ1n) is 9.57. The molecule has 1 aromatic rings. The number of amides is 1. The highest BCUT2D eigenvalue weighted by atomic mass is 16.6. The van der Waals surface area contributed by atoms with Gasteiger partial charge >= 0.3 is 0 Å². The number of ether oxygens (including phenoxy) is 2. The number of benzene rings is 1. The number of hydrogen-bond donors (Lipinski definition) is 1. The SMILES string of the molecule is CC(O)CN(CC(=O)N1CCCC1c1ccc2c(c1)OCCO2)C(C)C. The highest BCUT2D eigenvalue weighted by Crippen LogP contribution is 2.38. The summed E-state index contributed by atoms with van der Waals surface area (Å²) in [5.74, 6) is 1.67. The molecule has 6 nitrogen and oxygen atoms in total. The number of hydrogen-bond acceptors (Lipinski definition) is 5. The van der Waals surface area contributed by atoms with Gasteiger partial charge in [0.25, 0.3) is 0 Å². The number of fused-ring (bicyclic) bond motifs is 1. The molecule has 2 aliphatic heterocycles. The van der Waals surface area contributed by atoms with E-state index < -0.39 is 6.10 Å².